The second-order valence-electron chi connectivity index (χ2n) is 4.26. The lowest BCUT2D eigenvalue weighted by atomic mass is 10.1. The van der Waals surface area contributed by atoms with Crippen LogP contribution in [0.4, 0.5) is 13.2 Å². The number of hydrogen-bond acceptors (Lipinski definition) is 2. The number of benzene rings is 1. The molecule has 0 radical (unpaired) electrons. The highest BCUT2D eigenvalue weighted by Crippen LogP contribution is 2.28. The van der Waals surface area contributed by atoms with Crippen molar-refractivity contribution in [1.82, 2.24) is 5.32 Å². The van der Waals surface area contributed by atoms with E-state index in [9.17, 15) is 13.2 Å². The third-order valence-corrected chi connectivity index (χ3v) is 2.87. The average molecular weight is 296 g/mol. The van der Waals surface area contributed by atoms with Gasteiger partial charge in [0.25, 0.3) is 0 Å². The number of rotatable bonds is 6. The summed E-state index contributed by atoms with van der Waals surface area (Å²) in [5, 5.41) is 3.66. The van der Waals surface area contributed by atoms with Crippen LogP contribution in [-0.4, -0.2) is 19.3 Å². The van der Waals surface area contributed by atoms with E-state index in [0.717, 1.165) is 18.5 Å². The van der Waals surface area contributed by atoms with Crippen LogP contribution in [0.15, 0.2) is 18.2 Å². The zero-order valence-electron chi connectivity index (χ0n) is 10.9. The van der Waals surface area contributed by atoms with Crippen LogP contribution in [0.25, 0.3) is 0 Å². The first-order chi connectivity index (χ1) is 8.83. The Hall–Kier alpha value is -0.940. The van der Waals surface area contributed by atoms with E-state index in [0.29, 0.717) is 5.02 Å². The van der Waals surface area contributed by atoms with Crippen LogP contribution >= 0.6 is 11.6 Å². The zero-order chi connectivity index (χ0) is 14.5. The number of alkyl halides is 3. The van der Waals surface area contributed by atoms with Gasteiger partial charge >= 0.3 is 6.18 Å². The zero-order valence-corrected chi connectivity index (χ0v) is 11.6. The average Bonchev–Trinajstić information content (AvgIpc) is 2.32. The summed E-state index contributed by atoms with van der Waals surface area (Å²) in [5.74, 6) is 0.119. The van der Waals surface area contributed by atoms with Gasteiger partial charge < -0.3 is 10.1 Å². The third kappa shape index (κ3) is 5.70. The summed E-state index contributed by atoms with van der Waals surface area (Å²) in [7, 11) is 0. The molecule has 0 heterocycles. The molecular formula is C13H17ClF3NO. The van der Waals surface area contributed by atoms with E-state index in [-0.39, 0.29) is 11.8 Å². The fraction of sp³-hybridized carbons (Fsp3) is 0.538. The largest absolute Gasteiger partial charge is 0.484 e. The van der Waals surface area contributed by atoms with Crippen molar-refractivity contribution >= 4 is 11.6 Å². The maximum Gasteiger partial charge on any atom is 0.422 e. The Morgan fingerprint density at radius 2 is 2.05 bits per heavy atom. The number of hydrogen-bond donors (Lipinski definition) is 1. The minimum absolute atomic E-state index is 0.0455. The molecule has 1 rings (SSSR count). The smallest absolute Gasteiger partial charge is 0.422 e. The van der Waals surface area contributed by atoms with Crippen molar-refractivity contribution in [2.24, 2.45) is 0 Å². The van der Waals surface area contributed by atoms with Crippen molar-refractivity contribution in [3.63, 3.8) is 0 Å². The molecule has 108 valence electrons. The SMILES string of the molecule is CCCNC(C)c1ccc(OCC(F)(F)F)cc1Cl. The molecule has 0 aliphatic rings. The lowest BCUT2D eigenvalue weighted by Gasteiger charge is -2.16. The number of halogens is 4. The summed E-state index contributed by atoms with van der Waals surface area (Å²) in [6, 6.07) is 4.63. The normalized spacial score (nSPS) is 13.4. The molecule has 19 heavy (non-hydrogen) atoms. The Labute approximate surface area is 115 Å². The van der Waals surface area contributed by atoms with Crippen LogP contribution in [0, 0.1) is 0 Å². The van der Waals surface area contributed by atoms with Gasteiger partial charge in [-0.3, -0.25) is 0 Å². The topological polar surface area (TPSA) is 21.3 Å². The molecule has 1 unspecified atom stereocenters. The van der Waals surface area contributed by atoms with E-state index in [1.807, 2.05) is 6.92 Å². The molecule has 0 aromatic heterocycles. The van der Waals surface area contributed by atoms with Gasteiger partial charge in [-0.25, -0.2) is 0 Å². The van der Waals surface area contributed by atoms with Crippen molar-refractivity contribution in [1.29, 1.82) is 0 Å². The fourth-order valence-electron chi connectivity index (χ4n) is 1.58. The predicted octanol–water partition coefficient (Wildman–Crippen LogP) is 4.34. The van der Waals surface area contributed by atoms with Crippen LogP contribution < -0.4 is 10.1 Å². The molecule has 0 fully saturated rings. The van der Waals surface area contributed by atoms with Gasteiger partial charge in [0, 0.05) is 11.1 Å². The highest BCUT2D eigenvalue weighted by atomic mass is 35.5. The molecule has 1 aromatic carbocycles. The summed E-state index contributed by atoms with van der Waals surface area (Å²) in [4.78, 5) is 0. The molecule has 0 aliphatic heterocycles. The van der Waals surface area contributed by atoms with E-state index < -0.39 is 12.8 Å². The second kappa shape index (κ2) is 7.01. The van der Waals surface area contributed by atoms with E-state index in [2.05, 4.69) is 17.0 Å². The van der Waals surface area contributed by atoms with E-state index in [1.54, 1.807) is 6.07 Å². The summed E-state index contributed by atoms with van der Waals surface area (Å²) in [5.41, 5.74) is 0.842. The molecule has 0 bridgehead atoms. The molecule has 6 heteroatoms. The summed E-state index contributed by atoms with van der Waals surface area (Å²) in [6.45, 7) is 3.54. The minimum atomic E-state index is -4.35. The number of ether oxygens (including phenoxy) is 1. The molecule has 0 spiro atoms. The molecule has 0 saturated carbocycles. The number of nitrogens with one attached hydrogen (secondary N) is 1. The monoisotopic (exact) mass is 295 g/mol. The summed E-state index contributed by atoms with van der Waals surface area (Å²) in [6.07, 6.45) is -3.35. The van der Waals surface area contributed by atoms with Crippen molar-refractivity contribution in [2.45, 2.75) is 32.5 Å². The quantitative estimate of drug-likeness (QED) is 0.843. The maximum atomic E-state index is 12.0. The first-order valence-corrected chi connectivity index (χ1v) is 6.43. The van der Waals surface area contributed by atoms with Crippen molar-refractivity contribution in [3.05, 3.63) is 28.8 Å². The molecule has 1 atom stereocenters. The van der Waals surface area contributed by atoms with Gasteiger partial charge in [0.2, 0.25) is 0 Å². The van der Waals surface area contributed by atoms with Gasteiger partial charge in [-0.1, -0.05) is 24.6 Å². The van der Waals surface area contributed by atoms with Gasteiger partial charge in [0.1, 0.15) is 5.75 Å². The maximum absolute atomic E-state index is 12.0. The molecule has 0 saturated heterocycles. The third-order valence-electron chi connectivity index (χ3n) is 2.54. The van der Waals surface area contributed by atoms with Crippen LogP contribution in [0.3, 0.4) is 0 Å². The Morgan fingerprint density at radius 3 is 2.58 bits per heavy atom. The Bertz CT molecular complexity index is 409. The van der Waals surface area contributed by atoms with Gasteiger partial charge in [-0.2, -0.15) is 13.2 Å². The van der Waals surface area contributed by atoms with Crippen LogP contribution in [-0.2, 0) is 0 Å². The standard InChI is InChI=1S/C13H17ClF3NO/c1-3-6-18-9(2)11-5-4-10(7-12(11)14)19-8-13(15,16)17/h4-5,7,9,18H,3,6,8H2,1-2H3. The predicted molar refractivity (Wildman–Crippen MR) is 69.7 cm³/mol. The van der Waals surface area contributed by atoms with Crippen molar-refractivity contribution in [3.8, 4) is 5.75 Å². The summed E-state index contributed by atoms with van der Waals surface area (Å²) >= 11 is 6.05. The molecular weight excluding hydrogens is 279 g/mol. The van der Waals surface area contributed by atoms with Gasteiger partial charge in [0.15, 0.2) is 6.61 Å². The van der Waals surface area contributed by atoms with Crippen molar-refractivity contribution in [2.75, 3.05) is 13.2 Å². The fourth-order valence-corrected chi connectivity index (χ4v) is 1.92. The minimum Gasteiger partial charge on any atom is -0.484 e. The lowest BCUT2D eigenvalue weighted by Crippen LogP contribution is -2.20. The van der Waals surface area contributed by atoms with Crippen LogP contribution in [0.5, 0.6) is 5.75 Å². The molecule has 2 nitrogen and oxygen atoms in total. The molecule has 0 aliphatic carbocycles. The summed E-state index contributed by atoms with van der Waals surface area (Å²) < 4.78 is 40.7. The Kier molecular flexibility index (Phi) is 5.94. The van der Waals surface area contributed by atoms with Gasteiger partial charge in [0.05, 0.1) is 0 Å². The highest BCUT2D eigenvalue weighted by molar-refractivity contribution is 6.31. The van der Waals surface area contributed by atoms with Crippen LogP contribution in [0.2, 0.25) is 5.02 Å². The van der Waals surface area contributed by atoms with E-state index in [4.69, 9.17) is 11.6 Å². The van der Waals surface area contributed by atoms with Crippen LogP contribution in [0.1, 0.15) is 31.9 Å². The lowest BCUT2D eigenvalue weighted by molar-refractivity contribution is -0.153. The second-order valence-corrected chi connectivity index (χ2v) is 4.67. The molecule has 1 N–H and O–H groups in total. The van der Waals surface area contributed by atoms with E-state index in [1.165, 1.54) is 12.1 Å². The Balaban J connectivity index is 2.69. The van der Waals surface area contributed by atoms with Gasteiger partial charge in [-0.05, 0) is 37.6 Å². The first kappa shape index (κ1) is 16.1. The van der Waals surface area contributed by atoms with Crippen molar-refractivity contribution < 1.29 is 17.9 Å². The Morgan fingerprint density at radius 1 is 1.37 bits per heavy atom. The molecule has 1 aromatic rings. The first-order valence-electron chi connectivity index (χ1n) is 6.06. The van der Waals surface area contributed by atoms with Gasteiger partial charge in [-0.15, -0.1) is 0 Å². The van der Waals surface area contributed by atoms with E-state index >= 15 is 0 Å². The molecule has 0 amide bonds. The highest BCUT2D eigenvalue weighted by Gasteiger charge is 2.28.